The van der Waals surface area contributed by atoms with Crippen molar-refractivity contribution in [1.82, 2.24) is 0 Å². The van der Waals surface area contributed by atoms with Crippen LogP contribution in [0.2, 0.25) is 0 Å². The van der Waals surface area contributed by atoms with E-state index in [1.807, 2.05) is 72.8 Å². The second-order valence-electron chi connectivity index (χ2n) is 7.48. The predicted octanol–water partition coefficient (Wildman–Crippen LogP) is 5.63. The molecule has 1 N–H and O–H groups in total. The Labute approximate surface area is 171 Å². The first-order chi connectivity index (χ1) is 14.1. The van der Waals surface area contributed by atoms with Gasteiger partial charge in [-0.25, -0.2) is 4.79 Å². The molecule has 3 nitrogen and oxygen atoms in total. The Bertz CT molecular complexity index is 996. The third kappa shape index (κ3) is 3.68. The number of carbonyl (C=O) groups excluding carboxylic acids is 1. The van der Waals surface area contributed by atoms with Gasteiger partial charge in [0.1, 0.15) is 5.76 Å². The molecule has 1 heterocycles. The van der Waals surface area contributed by atoms with E-state index in [2.05, 4.69) is 19.1 Å². The molecule has 0 unspecified atom stereocenters. The Hall–Kier alpha value is -3.33. The van der Waals surface area contributed by atoms with Crippen LogP contribution in [0.25, 0.3) is 0 Å². The highest BCUT2D eigenvalue weighted by Crippen LogP contribution is 2.43. The fourth-order valence-corrected chi connectivity index (χ4v) is 4.02. The van der Waals surface area contributed by atoms with Crippen LogP contribution in [0.3, 0.4) is 0 Å². The van der Waals surface area contributed by atoms with Crippen molar-refractivity contribution in [3.05, 3.63) is 119 Å². The minimum Gasteiger partial charge on any atom is -0.512 e. The molecule has 0 saturated heterocycles. The summed E-state index contributed by atoms with van der Waals surface area (Å²) in [5.41, 5.74) is 3.41. The van der Waals surface area contributed by atoms with E-state index < -0.39 is 11.6 Å². The lowest BCUT2D eigenvalue weighted by atomic mass is 9.80. The number of carbonyl (C=O) groups is 1. The first-order valence-corrected chi connectivity index (χ1v) is 9.90. The molecule has 0 radical (unpaired) electrons. The third-order valence-electron chi connectivity index (χ3n) is 5.66. The molecule has 1 aliphatic rings. The van der Waals surface area contributed by atoms with Gasteiger partial charge in [0.25, 0.3) is 0 Å². The molecule has 0 spiro atoms. The fourth-order valence-electron chi connectivity index (χ4n) is 4.02. The van der Waals surface area contributed by atoms with E-state index in [4.69, 9.17) is 4.74 Å². The molecule has 0 bridgehead atoms. The third-order valence-corrected chi connectivity index (χ3v) is 5.66. The van der Waals surface area contributed by atoms with Crippen molar-refractivity contribution in [3.63, 3.8) is 0 Å². The maximum atomic E-state index is 13.0. The van der Waals surface area contributed by atoms with Gasteiger partial charge in [0, 0.05) is 11.1 Å². The topological polar surface area (TPSA) is 46.5 Å². The summed E-state index contributed by atoms with van der Waals surface area (Å²) in [6, 6.07) is 27.4. The minimum atomic E-state index is -1.02. The van der Waals surface area contributed by atoms with Crippen molar-refractivity contribution in [1.29, 1.82) is 0 Å². The Kier molecular flexibility index (Phi) is 5.22. The standard InChI is InChI=1S/C26H24O3/c1-19-10-8-9-11-20(19)16-17-23-24(27)18-26(29-25(23)28,21-12-4-2-5-13-21)22-14-6-3-7-15-22/h2-15,27H,16-18H2,1H3. The number of hydrogen-bond donors (Lipinski definition) is 1. The average molecular weight is 384 g/mol. The zero-order chi connectivity index (χ0) is 20.3. The van der Waals surface area contributed by atoms with Crippen molar-refractivity contribution < 1.29 is 14.6 Å². The van der Waals surface area contributed by atoms with E-state index in [1.54, 1.807) is 0 Å². The second-order valence-corrected chi connectivity index (χ2v) is 7.48. The quantitative estimate of drug-likeness (QED) is 0.580. The molecule has 1 aliphatic heterocycles. The lowest BCUT2D eigenvalue weighted by Crippen LogP contribution is -2.39. The van der Waals surface area contributed by atoms with Crippen LogP contribution in [-0.4, -0.2) is 11.1 Å². The molecule has 0 aromatic heterocycles. The number of hydrogen-bond acceptors (Lipinski definition) is 3. The van der Waals surface area contributed by atoms with Gasteiger partial charge in [0.05, 0.1) is 12.0 Å². The van der Waals surface area contributed by atoms with E-state index in [1.165, 1.54) is 11.1 Å². The number of aliphatic hydroxyl groups is 1. The van der Waals surface area contributed by atoms with Crippen LogP contribution in [0.15, 0.2) is 96.3 Å². The molecule has 0 aliphatic carbocycles. The van der Waals surface area contributed by atoms with Gasteiger partial charge in [-0.15, -0.1) is 0 Å². The van der Waals surface area contributed by atoms with Gasteiger partial charge >= 0.3 is 5.97 Å². The Morgan fingerprint density at radius 3 is 1.93 bits per heavy atom. The zero-order valence-electron chi connectivity index (χ0n) is 16.5. The van der Waals surface area contributed by atoms with Crippen LogP contribution in [0, 0.1) is 6.92 Å². The molecule has 0 amide bonds. The Morgan fingerprint density at radius 2 is 1.38 bits per heavy atom. The van der Waals surface area contributed by atoms with E-state index in [-0.39, 0.29) is 12.2 Å². The summed E-state index contributed by atoms with van der Waals surface area (Å²) in [6.45, 7) is 2.05. The number of ether oxygens (including phenoxy) is 1. The molecule has 146 valence electrons. The van der Waals surface area contributed by atoms with E-state index >= 15 is 0 Å². The molecule has 3 aromatic rings. The number of aliphatic hydroxyl groups excluding tert-OH is 1. The smallest absolute Gasteiger partial charge is 0.338 e. The summed E-state index contributed by atoms with van der Waals surface area (Å²) in [7, 11) is 0. The van der Waals surface area contributed by atoms with Gasteiger partial charge < -0.3 is 9.84 Å². The van der Waals surface area contributed by atoms with E-state index in [0.29, 0.717) is 18.4 Å². The molecule has 0 saturated carbocycles. The molecular formula is C26H24O3. The van der Waals surface area contributed by atoms with Gasteiger partial charge in [-0.1, -0.05) is 84.9 Å². The second kappa shape index (κ2) is 7.96. The monoisotopic (exact) mass is 384 g/mol. The van der Waals surface area contributed by atoms with Gasteiger partial charge in [-0.2, -0.15) is 0 Å². The highest BCUT2D eigenvalue weighted by molar-refractivity contribution is 5.90. The summed E-state index contributed by atoms with van der Waals surface area (Å²) in [5, 5.41) is 10.9. The molecular weight excluding hydrogens is 360 g/mol. The van der Waals surface area contributed by atoms with Crippen LogP contribution in [0.5, 0.6) is 0 Å². The van der Waals surface area contributed by atoms with Gasteiger partial charge in [-0.3, -0.25) is 0 Å². The molecule has 29 heavy (non-hydrogen) atoms. The van der Waals surface area contributed by atoms with Crippen molar-refractivity contribution in [2.75, 3.05) is 0 Å². The van der Waals surface area contributed by atoms with Crippen LogP contribution in [0.4, 0.5) is 0 Å². The maximum absolute atomic E-state index is 13.0. The SMILES string of the molecule is Cc1ccccc1CCC1=C(O)CC(c2ccccc2)(c2ccccc2)OC1=O. The van der Waals surface area contributed by atoms with Crippen molar-refractivity contribution >= 4 is 5.97 Å². The first-order valence-electron chi connectivity index (χ1n) is 9.90. The molecule has 3 aromatic carbocycles. The average Bonchev–Trinajstić information content (AvgIpc) is 2.75. The molecule has 4 rings (SSSR count). The van der Waals surface area contributed by atoms with E-state index in [0.717, 1.165) is 11.1 Å². The van der Waals surface area contributed by atoms with E-state index in [9.17, 15) is 9.90 Å². The van der Waals surface area contributed by atoms with Crippen LogP contribution >= 0.6 is 0 Å². The van der Waals surface area contributed by atoms with Crippen molar-refractivity contribution in [3.8, 4) is 0 Å². The number of cyclic esters (lactones) is 1. The van der Waals surface area contributed by atoms with Crippen LogP contribution < -0.4 is 0 Å². The normalized spacial score (nSPS) is 15.8. The Balaban J connectivity index is 1.69. The minimum absolute atomic E-state index is 0.113. The van der Waals surface area contributed by atoms with Crippen molar-refractivity contribution in [2.45, 2.75) is 31.8 Å². The van der Waals surface area contributed by atoms with Gasteiger partial charge in [-0.05, 0) is 30.9 Å². The van der Waals surface area contributed by atoms with Crippen LogP contribution in [0.1, 0.15) is 35.1 Å². The summed E-state index contributed by atoms with van der Waals surface area (Å²) in [4.78, 5) is 13.0. The number of esters is 1. The summed E-state index contributed by atoms with van der Waals surface area (Å²) >= 11 is 0. The van der Waals surface area contributed by atoms with Gasteiger partial charge in [0.2, 0.25) is 0 Å². The first kappa shape index (κ1) is 19.0. The summed E-state index contributed by atoms with van der Waals surface area (Å²) in [5.74, 6) is -0.336. The highest BCUT2D eigenvalue weighted by atomic mass is 16.6. The molecule has 0 atom stereocenters. The largest absolute Gasteiger partial charge is 0.512 e. The summed E-state index contributed by atoms with van der Waals surface area (Å²) in [6.07, 6.45) is 1.37. The zero-order valence-corrected chi connectivity index (χ0v) is 16.5. The summed E-state index contributed by atoms with van der Waals surface area (Å²) < 4.78 is 6.09. The number of benzene rings is 3. The van der Waals surface area contributed by atoms with Crippen molar-refractivity contribution in [2.24, 2.45) is 0 Å². The fraction of sp³-hybridized carbons (Fsp3) is 0.192. The predicted molar refractivity (Wildman–Crippen MR) is 114 cm³/mol. The number of aryl methyl sites for hydroxylation is 2. The Morgan fingerprint density at radius 1 is 0.828 bits per heavy atom. The van der Waals surface area contributed by atoms with Crippen LogP contribution in [-0.2, 0) is 21.6 Å². The maximum Gasteiger partial charge on any atom is 0.338 e. The molecule has 3 heteroatoms. The van der Waals surface area contributed by atoms with Gasteiger partial charge in [0.15, 0.2) is 5.60 Å². The number of rotatable bonds is 5. The molecule has 0 fully saturated rings. The lowest BCUT2D eigenvalue weighted by Gasteiger charge is -2.38. The highest BCUT2D eigenvalue weighted by Gasteiger charge is 2.44. The lowest BCUT2D eigenvalue weighted by molar-refractivity contribution is -0.155.